The lowest BCUT2D eigenvalue weighted by molar-refractivity contribution is -0.138. The first kappa shape index (κ1) is 17.0. The second-order valence-electron chi connectivity index (χ2n) is 6.25. The Morgan fingerprint density at radius 2 is 1.75 bits per heavy atom. The number of nitrogens with zero attached hydrogens (tertiary/aromatic N) is 1. The average molecular weight is 284 g/mol. The van der Waals surface area contributed by atoms with E-state index in [0.29, 0.717) is 19.5 Å². The van der Waals surface area contributed by atoms with Crippen molar-refractivity contribution in [1.29, 1.82) is 0 Å². The molecule has 1 heterocycles. The molecule has 0 aromatic rings. The summed E-state index contributed by atoms with van der Waals surface area (Å²) in [6, 6.07) is -0.0159. The van der Waals surface area contributed by atoms with Crippen LogP contribution < -0.4 is 5.32 Å². The summed E-state index contributed by atoms with van der Waals surface area (Å²) < 4.78 is 0. The lowest BCUT2D eigenvalue weighted by atomic mass is 9.94. The topological polar surface area (TPSA) is 69.6 Å². The van der Waals surface area contributed by atoms with Crippen LogP contribution in [0.5, 0.6) is 0 Å². The minimum absolute atomic E-state index is 0.0114. The molecule has 2 atom stereocenters. The third-order valence-electron chi connectivity index (χ3n) is 3.75. The summed E-state index contributed by atoms with van der Waals surface area (Å²) in [5, 5.41) is 12.2. The van der Waals surface area contributed by atoms with Crippen molar-refractivity contribution in [2.75, 3.05) is 13.1 Å². The van der Waals surface area contributed by atoms with Crippen LogP contribution in [0.2, 0.25) is 0 Å². The fraction of sp³-hybridized carbons (Fsp3) is 0.867. The van der Waals surface area contributed by atoms with Crippen molar-refractivity contribution in [3.05, 3.63) is 0 Å². The van der Waals surface area contributed by atoms with Crippen LogP contribution in [-0.4, -0.2) is 47.1 Å². The van der Waals surface area contributed by atoms with Crippen molar-refractivity contribution in [1.82, 2.24) is 10.2 Å². The van der Waals surface area contributed by atoms with Crippen molar-refractivity contribution in [2.45, 2.75) is 59.1 Å². The molecule has 20 heavy (non-hydrogen) atoms. The molecule has 0 saturated carbocycles. The highest BCUT2D eigenvalue weighted by atomic mass is 16.3. The second-order valence-corrected chi connectivity index (χ2v) is 6.25. The largest absolute Gasteiger partial charge is 0.393 e. The minimum atomic E-state index is -0.407. The predicted molar refractivity (Wildman–Crippen MR) is 78.0 cm³/mol. The molecule has 2 unspecified atom stereocenters. The fourth-order valence-corrected chi connectivity index (χ4v) is 2.66. The van der Waals surface area contributed by atoms with Crippen molar-refractivity contribution < 1.29 is 14.7 Å². The van der Waals surface area contributed by atoms with E-state index in [9.17, 15) is 14.7 Å². The van der Waals surface area contributed by atoms with Gasteiger partial charge in [-0.15, -0.1) is 0 Å². The number of amides is 2. The molecular formula is C15H28N2O3. The summed E-state index contributed by atoms with van der Waals surface area (Å²) in [4.78, 5) is 25.8. The zero-order valence-corrected chi connectivity index (χ0v) is 13.1. The van der Waals surface area contributed by atoms with Crippen LogP contribution in [0.3, 0.4) is 0 Å². The Labute approximate surface area is 121 Å². The summed E-state index contributed by atoms with van der Waals surface area (Å²) in [6.07, 6.45) is 1.61. The molecule has 0 aliphatic carbocycles. The number of aliphatic hydroxyl groups is 1. The maximum Gasteiger partial charge on any atom is 0.225 e. The van der Waals surface area contributed by atoms with Gasteiger partial charge in [-0.1, -0.05) is 13.8 Å². The molecule has 2 amide bonds. The summed E-state index contributed by atoms with van der Waals surface area (Å²) >= 11 is 0. The van der Waals surface area contributed by atoms with Gasteiger partial charge in [-0.05, 0) is 33.1 Å². The van der Waals surface area contributed by atoms with E-state index in [-0.39, 0.29) is 29.7 Å². The molecule has 1 aliphatic heterocycles. The van der Waals surface area contributed by atoms with Crippen LogP contribution in [0.1, 0.15) is 47.0 Å². The summed E-state index contributed by atoms with van der Waals surface area (Å²) in [6.45, 7) is 8.76. The number of carbonyl (C=O) groups excluding carboxylic acids is 2. The monoisotopic (exact) mass is 284 g/mol. The molecule has 0 aromatic heterocycles. The maximum absolute atomic E-state index is 12.1. The van der Waals surface area contributed by atoms with E-state index < -0.39 is 6.10 Å². The lowest BCUT2D eigenvalue weighted by Gasteiger charge is -2.33. The Kier molecular flexibility index (Phi) is 6.46. The van der Waals surface area contributed by atoms with E-state index in [1.807, 2.05) is 25.7 Å². The highest BCUT2D eigenvalue weighted by Gasteiger charge is 2.28. The Hall–Kier alpha value is -1.10. The number of nitrogens with one attached hydrogen (secondary N) is 1. The van der Waals surface area contributed by atoms with Crippen molar-refractivity contribution >= 4 is 11.8 Å². The van der Waals surface area contributed by atoms with E-state index in [2.05, 4.69) is 5.32 Å². The Balaban J connectivity index is 2.37. The molecular weight excluding hydrogens is 256 g/mol. The van der Waals surface area contributed by atoms with Gasteiger partial charge in [0.05, 0.1) is 6.10 Å². The molecule has 1 saturated heterocycles. The lowest BCUT2D eigenvalue weighted by Crippen LogP contribution is -2.46. The van der Waals surface area contributed by atoms with Gasteiger partial charge in [-0.2, -0.15) is 0 Å². The van der Waals surface area contributed by atoms with Gasteiger partial charge in [0.1, 0.15) is 0 Å². The number of carbonyl (C=O) groups is 2. The van der Waals surface area contributed by atoms with Crippen LogP contribution >= 0.6 is 0 Å². The van der Waals surface area contributed by atoms with Gasteiger partial charge < -0.3 is 15.3 Å². The smallest absolute Gasteiger partial charge is 0.225 e. The van der Waals surface area contributed by atoms with E-state index in [4.69, 9.17) is 0 Å². The van der Waals surface area contributed by atoms with Gasteiger partial charge in [0.15, 0.2) is 0 Å². The molecule has 0 aromatic carbocycles. The van der Waals surface area contributed by atoms with E-state index in [1.165, 1.54) is 0 Å². The molecule has 1 aliphatic rings. The van der Waals surface area contributed by atoms with Crippen LogP contribution in [-0.2, 0) is 9.59 Å². The number of hydrogen-bond acceptors (Lipinski definition) is 3. The van der Waals surface area contributed by atoms with Gasteiger partial charge >= 0.3 is 0 Å². The molecule has 0 spiro atoms. The van der Waals surface area contributed by atoms with Crippen LogP contribution in [0.4, 0.5) is 0 Å². The van der Waals surface area contributed by atoms with E-state index in [1.54, 1.807) is 6.92 Å². The first-order valence-corrected chi connectivity index (χ1v) is 7.58. The standard InChI is InChI=1S/C15H28N2O3/c1-10(2)15(20)17-7-5-13(6-8-17)14(19)16-11(3)9-12(4)18/h10-13,18H,5-9H2,1-4H3,(H,16,19). The Bertz CT molecular complexity index is 334. The third-order valence-corrected chi connectivity index (χ3v) is 3.75. The van der Waals surface area contributed by atoms with Gasteiger partial charge in [0.25, 0.3) is 0 Å². The first-order valence-electron chi connectivity index (χ1n) is 7.58. The van der Waals surface area contributed by atoms with Gasteiger partial charge in [0, 0.05) is 31.0 Å². The summed E-state index contributed by atoms with van der Waals surface area (Å²) in [5.74, 6) is 0.232. The number of aliphatic hydroxyl groups excluding tert-OH is 1. The van der Waals surface area contributed by atoms with Crippen molar-refractivity contribution in [3.63, 3.8) is 0 Å². The normalized spacial score (nSPS) is 19.8. The summed E-state index contributed by atoms with van der Waals surface area (Å²) in [5.41, 5.74) is 0. The number of hydrogen-bond donors (Lipinski definition) is 2. The van der Waals surface area contributed by atoms with Crippen LogP contribution in [0.25, 0.3) is 0 Å². The molecule has 0 radical (unpaired) electrons. The number of piperidine rings is 1. The Morgan fingerprint density at radius 1 is 1.20 bits per heavy atom. The molecule has 0 bridgehead atoms. The SMILES string of the molecule is CC(O)CC(C)NC(=O)C1CCN(C(=O)C(C)C)CC1. The number of rotatable bonds is 5. The van der Waals surface area contributed by atoms with E-state index >= 15 is 0 Å². The minimum Gasteiger partial charge on any atom is -0.393 e. The van der Waals surface area contributed by atoms with E-state index in [0.717, 1.165) is 12.8 Å². The first-order chi connectivity index (χ1) is 9.31. The maximum atomic E-state index is 12.1. The third kappa shape index (κ3) is 5.12. The molecule has 2 N–H and O–H groups in total. The molecule has 1 rings (SSSR count). The number of likely N-dealkylation sites (tertiary alicyclic amines) is 1. The highest BCUT2D eigenvalue weighted by molar-refractivity contribution is 5.80. The van der Waals surface area contributed by atoms with Crippen molar-refractivity contribution in [3.8, 4) is 0 Å². The van der Waals surface area contributed by atoms with Gasteiger partial charge in [-0.3, -0.25) is 9.59 Å². The fourth-order valence-electron chi connectivity index (χ4n) is 2.66. The second kappa shape index (κ2) is 7.62. The van der Waals surface area contributed by atoms with Crippen LogP contribution in [0.15, 0.2) is 0 Å². The Morgan fingerprint density at radius 3 is 2.20 bits per heavy atom. The van der Waals surface area contributed by atoms with Crippen LogP contribution in [0, 0.1) is 11.8 Å². The molecule has 5 heteroatoms. The van der Waals surface area contributed by atoms with Gasteiger partial charge in [0.2, 0.25) is 11.8 Å². The molecule has 1 fully saturated rings. The predicted octanol–water partition coefficient (Wildman–Crippen LogP) is 1.16. The van der Waals surface area contributed by atoms with Gasteiger partial charge in [-0.25, -0.2) is 0 Å². The molecule has 116 valence electrons. The zero-order chi connectivity index (χ0) is 15.3. The average Bonchev–Trinajstić information content (AvgIpc) is 2.36. The zero-order valence-electron chi connectivity index (χ0n) is 13.1. The molecule has 5 nitrogen and oxygen atoms in total. The highest BCUT2D eigenvalue weighted by Crippen LogP contribution is 2.19. The summed E-state index contributed by atoms with van der Waals surface area (Å²) in [7, 11) is 0. The van der Waals surface area contributed by atoms with Crippen molar-refractivity contribution in [2.24, 2.45) is 11.8 Å². The quantitative estimate of drug-likeness (QED) is 0.796.